The van der Waals surface area contributed by atoms with Gasteiger partial charge < -0.3 is 0 Å². The van der Waals surface area contributed by atoms with E-state index in [4.69, 9.17) is 0 Å². The summed E-state index contributed by atoms with van der Waals surface area (Å²) < 4.78 is 96.6. The SMILES string of the molecule is FN1P(F)N=P(F)(F)N(F)P(F)N(F)P1F. The van der Waals surface area contributed by atoms with Gasteiger partial charge in [-0.25, -0.2) is 0 Å². The van der Waals surface area contributed by atoms with E-state index in [0.29, 0.717) is 0 Å². The van der Waals surface area contributed by atoms with Gasteiger partial charge in [0.15, 0.2) is 0 Å². The summed E-state index contributed by atoms with van der Waals surface area (Å²) in [4.78, 5) is 0. The molecule has 0 bridgehead atoms. The first kappa shape index (κ1) is 14.9. The van der Waals surface area contributed by atoms with Crippen LogP contribution in [-0.2, 0) is 0 Å². The van der Waals surface area contributed by atoms with Crippen molar-refractivity contribution >= 4 is 33.4 Å². The van der Waals surface area contributed by atoms with E-state index in [9.17, 15) is 34.4 Å². The highest BCUT2D eigenvalue weighted by molar-refractivity contribution is 7.77. The predicted molar refractivity (Wildman–Crippen MR) is 44.5 cm³/mol. The van der Waals surface area contributed by atoms with Crippen LogP contribution in [0.2, 0.25) is 0 Å². The van der Waals surface area contributed by atoms with E-state index in [1.807, 2.05) is 0 Å². The summed E-state index contributed by atoms with van der Waals surface area (Å²) in [5.74, 6) is 0. The van der Waals surface area contributed by atoms with E-state index in [-0.39, 0.29) is 0 Å². The van der Waals surface area contributed by atoms with Crippen LogP contribution in [0.4, 0.5) is 34.4 Å². The van der Waals surface area contributed by atoms with E-state index in [1.54, 1.807) is 4.52 Å². The molecule has 16 heavy (non-hydrogen) atoms. The van der Waals surface area contributed by atoms with Crippen LogP contribution >= 0.6 is 33.4 Å². The van der Waals surface area contributed by atoms with Crippen molar-refractivity contribution in [2.24, 2.45) is 4.52 Å². The van der Waals surface area contributed by atoms with Gasteiger partial charge >= 0.3 is 33.4 Å². The Morgan fingerprint density at radius 2 is 1.38 bits per heavy atom. The Balaban J connectivity index is 3.17. The lowest BCUT2D eigenvalue weighted by Gasteiger charge is -2.27. The molecular weight excluding hydrogens is 332 g/mol. The quantitative estimate of drug-likeness (QED) is 0.307. The lowest BCUT2D eigenvalue weighted by atomic mass is 13.6. The molecule has 1 rings (SSSR count). The van der Waals surface area contributed by atoms with Crippen LogP contribution in [0.3, 0.4) is 0 Å². The highest BCUT2D eigenvalue weighted by Crippen LogP contribution is 2.80. The summed E-state index contributed by atoms with van der Waals surface area (Å²) in [5, 5.41) is 0. The maximum absolute atomic E-state index is 12.6. The maximum Gasteiger partial charge on any atom is 0.408 e. The molecule has 1 aliphatic rings. The Labute approximate surface area is 87.3 Å². The van der Waals surface area contributed by atoms with Gasteiger partial charge in [0, 0.05) is 4.66 Å². The van der Waals surface area contributed by atoms with Gasteiger partial charge in [0.05, 0.1) is 0 Å². The van der Waals surface area contributed by atoms with E-state index >= 15 is 0 Å². The molecule has 0 radical (unpaired) electrons. The molecule has 0 aromatic carbocycles. The first-order valence-corrected chi connectivity index (χ1v) is 7.84. The predicted octanol–water partition coefficient (Wildman–Crippen LogP) is 6.03. The normalized spacial score (nSPS) is 38.9. The van der Waals surface area contributed by atoms with Crippen molar-refractivity contribution in [3.05, 3.63) is 0 Å². The van der Waals surface area contributed by atoms with Gasteiger partial charge in [-0.1, -0.05) is 0 Å². The second-order valence-corrected chi connectivity index (χ2v) is 8.11. The third-order valence-electron chi connectivity index (χ3n) is 1.06. The van der Waals surface area contributed by atoms with Crippen molar-refractivity contribution in [1.82, 2.24) is 14.0 Å². The minimum atomic E-state index is -6.33. The Kier molecular flexibility index (Phi) is 4.87. The third kappa shape index (κ3) is 2.80. The van der Waals surface area contributed by atoms with E-state index in [2.05, 4.69) is 0 Å². The molecule has 4 nitrogen and oxygen atoms in total. The molecule has 0 N–H and O–H groups in total. The van der Waals surface area contributed by atoms with Gasteiger partial charge in [-0.2, -0.15) is 25.5 Å². The fraction of sp³-hybridized carbons (Fsp3) is 0. The van der Waals surface area contributed by atoms with Crippen molar-refractivity contribution < 1.29 is 34.4 Å². The summed E-state index contributed by atoms with van der Waals surface area (Å²) in [6, 6.07) is 0. The zero-order valence-corrected chi connectivity index (χ0v) is 10.2. The molecule has 0 saturated heterocycles. The summed E-state index contributed by atoms with van der Waals surface area (Å²) >= 11 is 0. The number of hydrogen-bond donors (Lipinski definition) is 0. The van der Waals surface area contributed by atoms with Crippen LogP contribution in [0.15, 0.2) is 4.52 Å². The Bertz CT molecular complexity index is 304. The van der Waals surface area contributed by atoms with Crippen LogP contribution in [-0.4, -0.2) is 14.0 Å². The van der Waals surface area contributed by atoms with Crippen molar-refractivity contribution in [2.45, 2.75) is 0 Å². The number of nitrogens with zero attached hydrogens (tertiary/aromatic N) is 4. The van der Waals surface area contributed by atoms with Crippen LogP contribution < -0.4 is 0 Å². The zero-order chi connectivity index (χ0) is 12.7. The standard InChI is InChI=1S/F8N4P4/c1-10-13(4)9-16(7,8)12(3)15(6)11(2)14(10)5. The molecule has 96 valence electrons. The smallest absolute Gasteiger partial charge is 0.184 e. The molecule has 3 unspecified atom stereocenters. The summed E-state index contributed by atoms with van der Waals surface area (Å²) in [6.45, 7) is 0. The molecule has 0 saturated carbocycles. The lowest BCUT2D eigenvalue weighted by molar-refractivity contribution is 0.161. The second kappa shape index (κ2) is 5.22. The summed E-state index contributed by atoms with van der Waals surface area (Å²) in [7, 11) is -19.5. The molecular formula is F8N4P4. The van der Waals surface area contributed by atoms with Crippen LogP contribution in [0.25, 0.3) is 0 Å². The number of hydrogen-bond acceptors (Lipinski definition) is 4. The average Bonchev–Trinajstić information content (AvgIpc) is 2.22. The molecule has 3 atom stereocenters. The van der Waals surface area contributed by atoms with Crippen LogP contribution in [0, 0.1) is 0 Å². The van der Waals surface area contributed by atoms with Crippen LogP contribution in [0.5, 0.6) is 0 Å². The van der Waals surface area contributed by atoms with Gasteiger partial charge in [0.25, 0.3) is 0 Å². The Morgan fingerprint density at radius 3 is 1.88 bits per heavy atom. The minimum Gasteiger partial charge on any atom is -0.184 e. The third-order valence-corrected chi connectivity index (χ3v) is 7.13. The van der Waals surface area contributed by atoms with Crippen molar-refractivity contribution in [3.8, 4) is 0 Å². The van der Waals surface area contributed by atoms with E-state index in [0.717, 1.165) is 0 Å². The minimum absolute atomic E-state index is 1.61. The first-order chi connectivity index (χ1) is 7.18. The monoisotopic (exact) mass is 332 g/mol. The van der Waals surface area contributed by atoms with Gasteiger partial charge in [0.1, 0.15) is 0 Å². The molecule has 0 aliphatic carbocycles. The second-order valence-electron chi connectivity index (χ2n) is 1.99. The van der Waals surface area contributed by atoms with Crippen molar-refractivity contribution in [1.29, 1.82) is 0 Å². The van der Waals surface area contributed by atoms with Gasteiger partial charge in [-0.15, -0.1) is 13.4 Å². The fourth-order valence-electron chi connectivity index (χ4n) is 0.487. The highest BCUT2D eigenvalue weighted by atomic mass is 31.3. The zero-order valence-electron chi connectivity index (χ0n) is 6.60. The molecule has 16 heteroatoms. The molecule has 0 fully saturated rings. The summed E-state index contributed by atoms with van der Waals surface area (Å²) in [5.41, 5.74) is 0. The average molecular weight is 332 g/mol. The van der Waals surface area contributed by atoms with Crippen LogP contribution in [0.1, 0.15) is 0 Å². The molecule has 1 aliphatic heterocycles. The van der Waals surface area contributed by atoms with Gasteiger partial charge in [-0.3, -0.25) is 0 Å². The van der Waals surface area contributed by atoms with Gasteiger partial charge in [-0.05, 0) is 9.33 Å². The first-order valence-electron chi connectivity index (χ1n) is 2.95. The Morgan fingerprint density at radius 1 is 0.875 bits per heavy atom. The van der Waals surface area contributed by atoms with Crippen molar-refractivity contribution in [2.75, 3.05) is 0 Å². The number of rotatable bonds is 0. The summed E-state index contributed by atoms with van der Waals surface area (Å²) in [6.07, 6.45) is 0. The largest absolute Gasteiger partial charge is 0.408 e. The highest BCUT2D eigenvalue weighted by Gasteiger charge is 2.52. The number of halogens is 8. The lowest BCUT2D eigenvalue weighted by Crippen LogP contribution is -2.12. The topological polar surface area (TPSA) is 22.1 Å². The van der Waals surface area contributed by atoms with Crippen molar-refractivity contribution in [3.63, 3.8) is 0 Å². The maximum atomic E-state index is 12.6. The molecule has 0 aromatic heterocycles. The molecule has 0 amide bonds. The molecule has 0 aromatic rings. The Hall–Kier alpha value is 0.840. The fourth-order valence-corrected chi connectivity index (χ4v) is 5.52. The van der Waals surface area contributed by atoms with E-state index < -0.39 is 47.4 Å². The van der Waals surface area contributed by atoms with Gasteiger partial charge in [0.2, 0.25) is 0 Å². The molecule has 0 spiro atoms. The van der Waals surface area contributed by atoms with E-state index in [1.165, 1.54) is 0 Å². The molecule has 1 heterocycles.